The van der Waals surface area contributed by atoms with Crippen LogP contribution < -0.4 is 10.6 Å². The van der Waals surface area contributed by atoms with E-state index in [9.17, 15) is 9.59 Å². The number of rotatable bonds is 2. The molecular weight excluding hydrogens is 312 g/mol. The molecule has 1 aromatic rings. The number of anilines is 1. The van der Waals surface area contributed by atoms with Crippen molar-refractivity contribution >= 4 is 29.4 Å². The summed E-state index contributed by atoms with van der Waals surface area (Å²) < 4.78 is 0. The average molecular weight is 334 g/mol. The summed E-state index contributed by atoms with van der Waals surface area (Å²) >= 11 is 1.75. The first-order valence-electron chi connectivity index (χ1n) is 7.86. The molecule has 0 spiro atoms. The first-order valence-corrected chi connectivity index (χ1v) is 9.01. The lowest BCUT2D eigenvalue weighted by atomic mass is 10.2. The Balaban J connectivity index is 1.50. The van der Waals surface area contributed by atoms with Gasteiger partial charge in [-0.1, -0.05) is 12.1 Å². The number of benzene rings is 1. The largest absolute Gasteiger partial charge is 0.338 e. The molecule has 2 aliphatic heterocycles. The van der Waals surface area contributed by atoms with Crippen LogP contribution in [0.15, 0.2) is 24.3 Å². The van der Waals surface area contributed by atoms with Crippen LogP contribution in [0.5, 0.6) is 0 Å². The molecule has 3 amide bonds. The Bertz CT molecular complexity index is 581. The van der Waals surface area contributed by atoms with E-state index in [4.69, 9.17) is 0 Å². The van der Waals surface area contributed by atoms with Crippen LogP contribution in [0.4, 0.5) is 10.5 Å². The molecule has 2 aliphatic rings. The minimum atomic E-state index is -0.0998. The number of aryl methyl sites for hydroxylation is 1. The number of thioether (sulfide) groups is 1. The molecule has 2 N–H and O–H groups in total. The van der Waals surface area contributed by atoms with Crippen molar-refractivity contribution in [2.45, 2.75) is 13.0 Å². The SMILES string of the molecule is Cc1cccc(NC(=O)N2CCN(C(=O)C3CSCN3)CC2)c1. The Morgan fingerprint density at radius 2 is 1.96 bits per heavy atom. The number of carbonyl (C=O) groups is 2. The summed E-state index contributed by atoms with van der Waals surface area (Å²) in [4.78, 5) is 28.3. The van der Waals surface area contributed by atoms with Gasteiger partial charge in [0.25, 0.3) is 0 Å². The average Bonchev–Trinajstić information content (AvgIpc) is 3.09. The van der Waals surface area contributed by atoms with Crippen molar-refractivity contribution in [3.63, 3.8) is 0 Å². The highest BCUT2D eigenvalue weighted by atomic mass is 32.2. The highest BCUT2D eigenvalue weighted by molar-refractivity contribution is 7.99. The monoisotopic (exact) mass is 334 g/mol. The Labute approximate surface area is 140 Å². The van der Waals surface area contributed by atoms with E-state index in [2.05, 4.69) is 10.6 Å². The molecule has 2 heterocycles. The lowest BCUT2D eigenvalue weighted by Crippen LogP contribution is -2.55. The smallest absolute Gasteiger partial charge is 0.321 e. The van der Waals surface area contributed by atoms with Crippen molar-refractivity contribution in [2.75, 3.05) is 43.1 Å². The summed E-state index contributed by atoms with van der Waals surface area (Å²) in [5.41, 5.74) is 1.92. The first kappa shape index (κ1) is 16.1. The molecule has 0 aliphatic carbocycles. The van der Waals surface area contributed by atoms with Gasteiger partial charge in [0, 0.05) is 43.5 Å². The number of carbonyl (C=O) groups excluding carboxylic acids is 2. The van der Waals surface area contributed by atoms with E-state index < -0.39 is 0 Å². The fourth-order valence-electron chi connectivity index (χ4n) is 2.83. The van der Waals surface area contributed by atoms with Gasteiger partial charge in [0.05, 0.1) is 6.04 Å². The zero-order chi connectivity index (χ0) is 16.2. The number of urea groups is 1. The van der Waals surface area contributed by atoms with Gasteiger partial charge in [0.2, 0.25) is 5.91 Å². The number of hydrogen-bond acceptors (Lipinski definition) is 4. The van der Waals surface area contributed by atoms with Crippen molar-refractivity contribution in [1.29, 1.82) is 0 Å². The fourth-order valence-corrected chi connectivity index (χ4v) is 3.76. The standard InChI is InChI=1S/C16H22N4O2S/c1-12-3-2-4-13(9-12)18-16(22)20-7-5-19(6-8-20)15(21)14-10-23-11-17-14/h2-4,9,14,17H,5-8,10-11H2,1H3,(H,18,22). The molecule has 0 saturated carbocycles. The molecule has 0 radical (unpaired) electrons. The van der Waals surface area contributed by atoms with Crippen LogP contribution in [0.2, 0.25) is 0 Å². The van der Waals surface area contributed by atoms with Crippen molar-refractivity contribution in [1.82, 2.24) is 15.1 Å². The lowest BCUT2D eigenvalue weighted by Gasteiger charge is -2.35. The first-order chi connectivity index (χ1) is 11.1. The number of nitrogens with one attached hydrogen (secondary N) is 2. The second-order valence-corrected chi connectivity index (χ2v) is 6.91. The third kappa shape index (κ3) is 3.97. The van der Waals surface area contributed by atoms with E-state index in [1.807, 2.05) is 36.1 Å². The van der Waals surface area contributed by atoms with Crippen LogP contribution in [-0.4, -0.2) is 65.6 Å². The van der Waals surface area contributed by atoms with E-state index in [0.29, 0.717) is 26.2 Å². The van der Waals surface area contributed by atoms with Gasteiger partial charge in [-0.05, 0) is 24.6 Å². The topological polar surface area (TPSA) is 64.7 Å². The molecule has 0 bridgehead atoms. The lowest BCUT2D eigenvalue weighted by molar-refractivity contribution is -0.134. The Morgan fingerprint density at radius 3 is 2.61 bits per heavy atom. The second-order valence-electron chi connectivity index (χ2n) is 5.88. The predicted octanol–water partition coefficient (Wildman–Crippen LogP) is 1.33. The quantitative estimate of drug-likeness (QED) is 0.856. The third-order valence-corrected chi connectivity index (χ3v) is 5.10. The number of piperazine rings is 1. The molecular formula is C16H22N4O2S. The summed E-state index contributed by atoms with van der Waals surface area (Å²) in [5, 5.41) is 6.12. The van der Waals surface area contributed by atoms with Gasteiger partial charge in [0.1, 0.15) is 0 Å². The van der Waals surface area contributed by atoms with Crippen molar-refractivity contribution < 1.29 is 9.59 Å². The summed E-state index contributed by atoms with van der Waals surface area (Å²) in [6.45, 7) is 4.34. The zero-order valence-corrected chi connectivity index (χ0v) is 14.1. The normalized spacial score (nSPS) is 21.3. The molecule has 0 aromatic heterocycles. The van der Waals surface area contributed by atoms with Crippen LogP contribution >= 0.6 is 11.8 Å². The minimum Gasteiger partial charge on any atom is -0.338 e. The van der Waals surface area contributed by atoms with Gasteiger partial charge in [-0.25, -0.2) is 4.79 Å². The molecule has 1 aromatic carbocycles. The molecule has 3 rings (SSSR count). The van der Waals surface area contributed by atoms with E-state index >= 15 is 0 Å². The maximum Gasteiger partial charge on any atom is 0.321 e. The van der Waals surface area contributed by atoms with E-state index in [0.717, 1.165) is 22.9 Å². The third-order valence-electron chi connectivity index (χ3n) is 4.16. The van der Waals surface area contributed by atoms with Crippen LogP contribution in [0.3, 0.4) is 0 Å². The molecule has 1 atom stereocenters. The maximum atomic E-state index is 12.3. The molecule has 124 valence electrons. The molecule has 2 fully saturated rings. The van der Waals surface area contributed by atoms with Crippen LogP contribution in [0.25, 0.3) is 0 Å². The Kier molecular flexibility index (Phi) is 5.07. The van der Waals surface area contributed by atoms with Gasteiger partial charge in [-0.2, -0.15) is 0 Å². The molecule has 23 heavy (non-hydrogen) atoms. The van der Waals surface area contributed by atoms with Crippen LogP contribution in [-0.2, 0) is 4.79 Å². The Morgan fingerprint density at radius 1 is 1.22 bits per heavy atom. The number of nitrogens with zero attached hydrogens (tertiary/aromatic N) is 2. The van der Waals surface area contributed by atoms with Crippen molar-refractivity contribution in [3.8, 4) is 0 Å². The van der Waals surface area contributed by atoms with Gasteiger partial charge >= 0.3 is 6.03 Å². The molecule has 6 nitrogen and oxygen atoms in total. The molecule has 1 unspecified atom stereocenters. The molecule has 2 saturated heterocycles. The highest BCUT2D eigenvalue weighted by Gasteiger charge is 2.30. The maximum absolute atomic E-state index is 12.3. The van der Waals surface area contributed by atoms with Gasteiger partial charge in [-0.15, -0.1) is 11.8 Å². The van der Waals surface area contributed by atoms with Crippen molar-refractivity contribution in [2.24, 2.45) is 0 Å². The van der Waals surface area contributed by atoms with Gasteiger partial charge < -0.3 is 15.1 Å². The van der Waals surface area contributed by atoms with Crippen molar-refractivity contribution in [3.05, 3.63) is 29.8 Å². The highest BCUT2D eigenvalue weighted by Crippen LogP contribution is 2.15. The Hall–Kier alpha value is -1.73. The van der Waals surface area contributed by atoms with Crippen LogP contribution in [0.1, 0.15) is 5.56 Å². The minimum absolute atomic E-state index is 0.0623. The summed E-state index contributed by atoms with van der Waals surface area (Å²) in [5.74, 6) is 1.84. The molecule has 7 heteroatoms. The van der Waals surface area contributed by atoms with E-state index in [1.54, 1.807) is 16.7 Å². The zero-order valence-electron chi connectivity index (χ0n) is 13.2. The predicted molar refractivity (Wildman–Crippen MR) is 92.6 cm³/mol. The number of hydrogen-bond donors (Lipinski definition) is 2. The second kappa shape index (κ2) is 7.23. The summed E-state index contributed by atoms with van der Waals surface area (Å²) in [7, 11) is 0. The summed E-state index contributed by atoms with van der Waals surface area (Å²) in [6.07, 6.45) is 0. The van der Waals surface area contributed by atoms with E-state index in [1.165, 1.54) is 0 Å². The van der Waals surface area contributed by atoms with Crippen LogP contribution in [0, 0.1) is 6.92 Å². The number of amides is 3. The van der Waals surface area contributed by atoms with Gasteiger partial charge in [0.15, 0.2) is 0 Å². The van der Waals surface area contributed by atoms with Gasteiger partial charge in [-0.3, -0.25) is 10.1 Å². The fraction of sp³-hybridized carbons (Fsp3) is 0.500. The summed E-state index contributed by atoms with van der Waals surface area (Å²) in [6, 6.07) is 7.59. The van der Waals surface area contributed by atoms with E-state index in [-0.39, 0.29) is 18.0 Å².